The molecule has 1 aliphatic heterocycles. The highest BCUT2D eigenvalue weighted by Crippen LogP contribution is 2.24. The topological polar surface area (TPSA) is 111 Å². The van der Waals surface area contributed by atoms with E-state index < -0.39 is 18.5 Å². The van der Waals surface area contributed by atoms with Crippen LogP contribution in [0.1, 0.15) is 50.4 Å². The average Bonchev–Trinajstić information content (AvgIpc) is 3.30. The molecule has 35 heavy (non-hydrogen) atoms. The minimum Gasteiger partial charge on any atom is -0.456 e. The Hall–Kier alpha value is -4.27. The van der Waals surface area contributed by atoms with Crippen molar-refractivity contribution in [3.8, 4) is 5.69 Å². The third-order valence-electron chi connectivity index (χ3n) is 5.63. The number of aryl methyl sites for hydroxylation is 3. The predicted molar refractivity (Wildman–Crippen MR) is 128 cm³/mol. The lowest BCUT2D eigenvalue weighted by Crippen LogP contribution is -2.31. The van der Waals surface area contributed by atoms with Crippen LogP contribution in [0.15, 0.2) is 48.5 Å². The second-order valence-electron chi connectivity index (χ2n) is 8.54. The lowest BCUT2D eigenvalue weighted by Gasteiger charge is -2.13. The quantitative estimate of drug-likeness (QED) is 0.396. The highest BCUT2D eigenvalue weighted by molar-refractivity contribution is 6.21. The van der Waals surface area contributed by atoms with E-state index in [9.17, 15) is 19.2 Å². The lowest BCUT2D eigenvalue weighted by atomic mass is 10.1. The van der Waals surface area contributed by atoms with Crippen LogP contribution in [0.4, 0.5) is 5.82 Å². The maximum absolute atomic E-state index is 12.5. The Balaban J connectivity index is 1.25. The summed E-state index contributed by atoms with van der Waals surface area (Å²) in [6.45, 7) is 5.29. The molecule has 0 spiro atoms. The molecule has 0 saturated carbocycles. The summed E-state index contributed by atoms with van der Waals surface area (Å²) in [5.74, 6) is -1.34. The third-order valence-corrected chi connectivity index (χ3v) is 5.63. The van der Waals surface area contributed by atoms with Crippen LogP contribution >= 0.6 is 0 Å². The summed E-state index contributed by atoms with van der Waals surface area (Å²) in [5, 5.41) is 7.12. The number of rotatable bonds is 8. The molecule has 0 atom stereocenters. The first-order valence-electron chi connectivity index (χ1n) is 11.3. The monoisotopic (exact) mass is 474 g/mol. The van der Waals surface area contributed by atoms with Crippen molar-refractivity contribution in [1.82, 2.24) is 14.7 Å². The van der Waals surface area contributed by atoms with Crippen LogP contribution < -0.4 is 5.32 Å². The van der Waals surface area contributed by atoms with Crippen molar-refractivity contribution in [1.29, 1.82) is 0 Å². The van der Waals surface area contributed by atoms with E-state index in [0.717, 1.165) is 27.4 Å². The number of anilines is 1. The maximum atomic E-state index is 12.5. The molecule has 0 fully saturated rings. The third kappa shape index (κ3) is 5.29. The summed E-state index contributed by atoms with van der Waals surface area (Å²) in [7, 11) is 0. The summed E-state index contributed by atoms with van der Waals surface area (Å²) in [5.41, 5.74) is 4.27. The maximum Gasteiger partial charge on any atom is 0.306 e. The minimum absolute atomic E-state index is 0.0277. The molecule has 0 bridgehead atoms. The van der Waals surface area contributed by atoms with Gasteiger partial charge in [-0.05, 0) is 51.5 Å². The molecule has 4 rings (SSSR count). The second kappa shape index (κ2) is 9.92. The van der Waals surface area contributed by atoms with Crippen LogP contribution in [0, 0.1) is 20.8 Å². The Labute approximate surface area is 202 Å². The molecule has 2 aromatic carbocycles. The summed E-state index contributed by atoms with van der Waals surface area (Å²) in [4.78, 5) is 50.6. The van der Waals surface area contributed by atoms with Gasteiger partial charge in [0.25, 0.3) is 17.7 Å². The fraction of sp³-hybridized carbons (Fsp3) is 0.269. The number of esters is 1. The zero-order valence-electron chi connectivity index (χ0n) is 19.8. The van der Waals surface area contributed by atoms with E-state index in [4.69, 9.17) is 4.74 Å². The predicted octanol–water partition coefficient (Wildman–Crippen LogP) is 3.36. The summed E-state index contributed by atoms with van der Waals surface area (Å²) < 4.78 is 6.68. The molecule has 9 nitrogen and oxygen atoms in total. The van der Waals surface area contributed by atoms with E-state index in [2.05, 4.69) is 10.4 Å². The Morgan fingerprint density at radius 3 is 2.34 bits per heavy atom. The number of nitrogens with zero attached hydrogens (tertiary/aromatic N) is 3. The molecule has 1 N–H and O–H groups in total. The SMILES string of the molecule is Cc1ccc(-n2nc(C)cc2NC(=O)COC(=O)CCCN2C(=O)c3ccc(C)cc3C2=O)cc1. The molecular weight excluding hydrogens is 448 g/mol. The first-order valence-corrected chi connectivity index (χ1v) is 11.3. The van der Waals surface area contributed by atoms with Crippen molar-refractivity contribution in [2.45, 2.75) is 33.6 Å². The fourth-order valence-electron chi connectivity index (χ4n) is 3.86. The number of hydrogen-bond acceptors (Lipinski definition) is 6. The molecule has 3 amide bonds. The van der Waals surface area contributed by atoms with E-state index >= 15 is 0 Å². The van der Waals surface area contributed by atoms with Gasteiger partial charge < -0.3 is 10.1 Å². The van der Waals surface area contributed by atoms with Crippen molar-refractivity contribution in [2.75, 3.05) is 18.5 Å². The normalized spacial score (nSPS) is 12.6. The van der Waals surface area contributed by atoms with Crippen LogP contribution in [0.5, 0.6) is 0 Å². The Morgan fingerprint density at radius 2 is 1.60 bits per heavy atom. The summed E-state index contributed by atoms with van der Waals surface area (Å²) in [6.07, 6.45) is 0.213. The largest absolute Gasteiger partial charge is 0.456 e. The lowest BCUT2D eigenvalue weighted by molar-refractivity contribution is -0.147. The van der Waals surface area contributed by atoms with Crippen LogP contribution in [-0.2, 0) is 14.3 Å². The number of ether oxygens (including phenoxy) is 1. The van der Waals surface area contributed by atoms with Gasteiger partial charge >= 0.3 is 5.97 Å². The number of amides is 3. The second-order valence-corrected chi connectivity index (χ2v) is 8.54. The van der Waals surface area contributed by atoms with Crippen molar-refractivity contribution in [2.24, 2.45) is 0 Å². The van der Waals surface area contributed by atoms with Crippen molar-refractivity contribution in [3.05, 3.63) is 76.5 Å². The standard InChI is InChI=1S/C26H26N4O5/c1-16-6-9-19(10-7-16)30-22(14-18(3)28-30)27-23(31)15-35-24(32)5-4-12-29-25(33)20-11-8-17(2)13-21(20)26(29)34/h6-11,13-14H,4-5,12,15H2,1-3H3,(H,27,31). The van der Waals surface area contributed by atoms with Gasteiger partial charge in [0.1, 0.15) is 5.82 Å². The van der Waals surface area contributed by atoms with Crippen LogP contribution in [0.2, 0.25) is 0 Å². The van der Waals surface area contributed by atoms with Crippen LogP contribution in [0.3, 0.4) is 0 Å². The molecule has 1 aliphatic rings. The molecule has 3 aromatic rings. The number of nitrogens with one attached hydrogen (secondary N) is 1. The van der Waals surface area contributed by atoms with Gasteiger partial charge in [-0.2, -0.15) is 5.10 Å². The number of benzene rings is 2. The minimum atomic E-state index is -0.587. The number of imide groups is 1. The molecule has 1 aromatic heterocycles. The Bertz CT molecular complexity index is 1310. The fourth-order valence-corrected chi connectivity index (χ4v) is 3.86. The van der Waals surface area contributed by atoms with E-state index in [1.165, 1.54) is 0 Å². The molecule has 0 saturated heterocycles. The van der Waals surface area contributed by atoms with Gasteiger partial charge in [-0.1, -0.05) is 29.3 Å². The number of hydrogen-bond donors (Lipinski definition) is 1. The van der Waals surface area contributed by atoms with Crippen LogP contribution in [0.25, 0.3) is 5.69 Å². The number of fused-ring (bicyclic) bond motifs is 1. The zero-order valence-corrected chi connectivity index (χ0v) is 19.8. The van der Waals surface area contributed by atoms with Gasteiger partial charge in [0, 0.05) is 19.0 Å². The Kier molecular flexibility index (Phi) is 6.77. The molecule has 2 heterocycles. The number of carbonyl (C=O) groups is 4. The van der Waals surface area contributed by atoms with Gasteiger partial charge in [0.05, 0.1) is 22.5 Å². The molecular formula is C26H26N4O5. The van der Waals surface area contributed by atoms with Crippen molar-refractivity contribution < 1.29 is 23.9 Å². The molecule has 0 radical (unpaired) electrons. The molecule has 180 valence electrons. The highest BCUT2D eigenvalue weighted by Gasteiger charge is 2.35. The number of aromatic nitrogens is 2. The van der Waals surface area contributed by atoms with Gasteiger partial charge in [-0.3, -0.25) is 24.1 Å². The number of carbonyl (C=O) groups excluding carboxylic acids is 4. The van der Waals surface area contributed by atoms with Gasteiger partial charge in [0.2, 0.25) is 0 Å². The molecule has 0 aliphatic carbocycles. The van der Waals surface area contributed by atoms with E-state index in [-0.39, 0.29) is 31.2 Å². The summed E-state index contributed by atoms with van der Waals surface area (Å²) >= 11 is 0. The first-order chi connectivity index (χ1) is 16.7. The van der Waals surface area contributed by atoms with E-state index in [1.807, 2.05) is 45.0 Å². The zero-order chi connectivity index (χ0) is 25.1. The van der Waals surface area contributed by atoms with E-state index in [1.54, 1.807) is 28.9 Å². The van der Waals surface area contributed by atoms with Crippen LogP contribution in [-0.4, -0.2) is 51.5 Å². The first kappa shape index (κ1) is 23.9. The van der Waals surface area contributed by atoms with Crippen molar-refractivity contribution in [3.63, 3.8) is 0 Å². The smallest absolute Gasteiger partial charge is 0.306 e. The summed E-state index contributed by atoms with van der Waals surface area (Å²) in [6, 6.07) is 14.5. The van der Waals surface area contributed by atoms with Gasteiger partial charge in [-0.15, -0.1) is 0 Å². The highest BCUT2D eigenvalue weighted by atomic mass is 16.5. The molecule has 9 heteroatoms. The van der Waals surface area contributed by atoms with Gasteiger partial charge in [0.15, 0.2) is 6.61 Å². The van der Waals surface area contributed by atoms with Gasteiger partial charge in [-0.25, -0.2) is 4.68 Å². The average molecular weight is 475 g/mol. The van der Waals surface area contributed by atoms with Crippen molar-refractivity contribution >= 4 is 29.5 Å². The van der Waals surface area contributed by atoms with E-state index in [0.29, 0.717) is 16.9 Å². The molecule has 0 unspecified atom stereocenters. The Morgan fingerprint density at radius 1 is 0.914 bits per heavy atom.